The number of hydrogen-bond donors (Lipinski definition) is 0. The molecular formula is C12H14Cl2O2. The highest BCUT2D eigenvalue weighted by molar-refractivity contribution is 6.35. The fraction of sp³-hybridized carbons (Fsp3) is 0.500. The van der Waals surface area contributed by atoms with Crippen molar-refractivity contribution in [2.75, 3.05) is 0 Å². The Bertz CT molecular complexity index is 410. The Kier molecular flexibility index (Phi) is 3.08. The molecule has 1 aliphatic heterocycles. The van der Waals surface area contributed by atoms with Crippen molar-refractivity contribution >= 4 is 23.2 Å². The third-order valence-corrected chi connectivity index (χ3v) is 2.91. The average Bonchev–Trinajstić information content (AvgIpc) is 2.15. The van der Waals surface area contributed by atoms with Crippen LogP contribution in [0.15, 0.2) is 12.1 Å². The Balaban J connectivity index is 2.34. The lowest BCUT2D eigenvalue weighted by Crippen LogP contribution is -2.37. The zero-order valence-electron chi connectivity index (χ0n) is 9.51. The third kappa shape index (κ3) is 2.29. The maximum Gasteiger partial charge on any atom is 0.205 e. The summed E-state index contributed by atoms with van der Waals surface area (Å²) < 4.78 is 11.4. The van der Waals surface area contributed by atoms with E-state index in [1.165, 1.54) is 0 Å². The molecule has 0 radical (unpaired) electrons. The standard InChI is InChI=1S/C12H14Cl2O2/c1-12(2,3)11-15-6-7-4-8(13)5-9(14)10(7)16-11/h4-5,11H,6H2,1-3H3. The molecule has 88 valence electrons. The van der Waals surface area contributed by atoms with E-state index < -0.39 is 0 Å². The normalized spacial score (nSPS) is 20.2. The van der Waals surface area contributed by atoms with E-state index in [0.717, 1.165) is 5.56 Å². The lowest BCUT2D eigenvalue weighted by molar-refractivity contribution is -0.163. The van der Waals surface area contributed by atoms with Crippen molar-refractivity contribution in [3.8, 4) is 5.75 Å². The van der Waals surface area contributed by atoms with Gasteiger partial charge in [0, 0.05) is 16.0 Å². The summed E-state index contributed by atoms with van der Waals surface area (Å²) in [4.78, 5) is 0. The highest BCUT2D eigenvalue weighted by Gasteiger charge is 2.32. The molecule has 1 aliphatic rings. The van der Waals surface area contributed by atoms with Crippen LogP contribution in [-0.4, -0.2) is 6.29 Å². The fourth-order valence-electron chi connectivity index (χ4n) is 1.59. The van der Waals surface area contributed by atoms with Gasteiger partial charge in [-0.2, -0.15) is 0 Å². The molecule has 1 unspecified atom stereocenters. The molecule has 1 aromatic rings. The van der Waals surface area contributed by atoms with Gasteiger partial charge in [-0.05, 0) is 12.1 Å². The predicted molar refractivity (Wildman–Crippen MR) is 65.1 cm³/mol. The maximum absolute atomic E-state index is 6.10. The second-order valence-corrected chi connectivity index (χ2v) is 5.85. The number of halogens is 2. The number of ether oxygens (including phenoxy) is 2. The Morgan fingerprint density at radius 2 is 1.94 bits per heavy atom. The first-order valence-corrected chi connectivity index (χ1v) is 5.90. The molecule has 2 nitrogen and oxygen atoms in total. The second kappa shape index (κ2) is 4.10. The van der Waals surface area contributed by atoms with Crippen molar-refractivity contribution in [2.24, 2.45) is 5.41 Å². The van der Waals surface area contributed by atoms with Crippen LogP contribution in [0.3, 0.4) is 0 Å². The smallest absolute Gasteiger partial charge is 0.205 e. The SMILES string of the molecule is CC(C)(C)C1OCc2cc(Cl)cc(Cl)c2O1. The number of fused-ring (bicyclic) bond motifs is 1. The Hall–Kier alpha value is -0.440. The van der Waals surface area contributed by atoms with Crippen LogP contribution in [0.5, 0.6) is 5.75 Å². The van der Waals surface area contributed by atoms with E-state index in [9.17, 15) is 0 Å². The Morgan fingerprint density at radius 1 is 1.25 bits per heavy atom. The van der Waals surface area contributed by atoms with E-state index in [1.807, 2.05) is 6.07 Å². The monoisotopic (exact) mass is 260 g/mol. The van der Waals surface area contributed by atoms with E-state index in [1.54, 1.807) is 6.07 Å². The van der Waals surface area contributed by atoms with E-state index in [2.05, 4.69) is 20.8 Å². The first kappa shape index (κ1) is 12.0. The molecule has 0 saturated heterocycles. The summed E-state index contributed by atoms with van der Waals surface area (Å²) in [5, 5.41) is 1.14. The first-order valence-electron chi connectivity index (χ1n) is 5.14. The summed E-state index contributed by atoms with van der Waals surface area (Å²) in [6.07, 6.45) is -0.279. The van der Waals surface area contributed by atoms with Crippen molar-refractivity contribution < 1.29 is 9.47 Å². The zero-order valence-corrected chi connectivity index (χ0v) is 11.0. The predicted octanol–water partition coefficient (Wildman–Crippen LogP) is 4.27. The quantitative estimate of drug-likeness (QED) is 0.694. The van der Waals surface area contributed by atoms with Gasteiger partial charge in [0.05, 0.1) is 11.6 Å². The summed E-state index contributed by atoms with van der Waals surface area (Å²) >= 11 is 12.0. The average molecular weight is 261 g/mol. The van der Waals surface area contributed by atoms with Crippen LogP contribution in [0.1, 0.15) is 26.3 Å². The molecule has 2 rings (SSSR count). The summed E-state index contributed by atoms with van der Waals surface area (Å²) in [7, 11) is 0. The van der Waals surface area contributed by atoms with Crippen molar-refractivity contribution in [3.63, 3.8) is 0 Å². The maximum atomic E-state index is 6.10. The Morgan fingerprint density at radius 3 is 2.56 bits per heavy atom. The van der Waals surface area contributed by atoms with Gasteiger partial charge in [0.2, 0.25) is 6.29 Å². The van der Waals surface area contributed by atoms with Crippen LogP contribution >= 0.6 is 23.2 Å². The van der Waals surface area contributed by atoms with Crippen molar-refractivity contribution in [1.29, 1.82) is 0 Å². The third-order valence-electron chi connectivity index (χ3n) is 2.41. The minimum Gasteiger partial charge on any atom is -0.462 e. The van der Waals surface area contributed by atoms with E-state index in [4.69, 9.17) is 32.7 Å². The molecule has 0 fully saturated rings. The summed E-state index contributed by atoms with van der Waals surface area (Å²) in [6, 6.07) is 3.51. The number of benzene rings is 1. The van der Waals surface area contributed by atoms with E-state index in [-0.39, 0.29) is 11.7 Å². The summed E-state index contributed by atoms with van der Waals surface area (Å²) in [6.45, 7) is 6.67. The van der Waals surface area contributed by atoms with Crippen molar-refractivity contribution in [2.45, 2.75) is 33.7 Å². The van der Waals surface area contributed by atoms with Crippen LogP contribution in [0, 0.1) is 5.41 Å². The molecule has 0 spiro atoms. The molecular weight excluding hydrogens is 247 g/mol. The van der Waals surface area contributed by atoms with Crippen LogP contribution in [0.4, 0.5) is 0 Å². The molecule has 1 aromatic carbocycles. The van der Waals surface area contributed by atoms with Gasteiger partial charge in [0.25, 0.3) is 0 Å². The molecule has 1 atom stereocenters. The van der Waals surface area contributed by atoms with Crippen LogP contribution in [0.2, 0.25) is 10.0 Å². The van der Waals surface area contributed by atoms with Gasteiger partial charge < -0.3 is 9.47 Å². The summed E-state index contributed by atoms with van der Waals surface area (Å²) in [5.41, 5.74) is 0.818. The molecule has 0 saturated carbocycles. The van der Waals surface area contributed by atoms with Gasteiger partial charge in [-0.1, -0.05) is 44.0 Å². The topological polar surface area (TPSA) is 18.5 Å². The highest BCUT2D eigenvalue weighted by atomic mass is 35.5. The number of hydrogen-bond acceptors (Lipinski definition) is 2. The highest BCUT2D eigenvalue weighted by Crippen LogP contribution is 2.39. The minimum atomic E-state index is -0.279. The summed E-state index contributed by atoms with van der Waals surface area (Å²) in [5.74, 6) is 0.692. The van der Waals surface area contributed by atoms with E-state index in [0.29, 0.717) is 22.4 Å². The van der Waals surface area contributed by atoms with Crippen molar-refractivity contribution in [3.05, 3.63) is 27.7 Å². The molecule has 0 N–H and O–H groups in total. The molecule has 0 aliphatic carbocycles. The molecule has 0 amide bonds. The second-order valence-electron chi connectivity index (χ2n) is 5.00. The van der Waals surface area contributed by atoms with Gasteiger partial charge in [-0.15, -0.1) is 0 Å². The van der Waals surface area contributed by atoms with Crippen LogP contribution < -0.4 is 4.74 Å². The van der Waals surface area contributed by atoms with Gasteiger partial charge in [0.15, 0.2) is 0 Å². The zero-order chi connectivity index (χ0) is 11.9. The molecule has 0 bridgehead atoms. The van der Waals surface area contributed by atoms with Gasteiger partial charge in [-0.25, -0.2) is 0 Å². The fourth-order valence-corrected chi connectivity index (χ4v) is 2.17. The van der Waals surface area contributed by atoms with Crippen molar-refractivity contribution in [1.82, 2.24) is 0 Å². The first-order chi connectivity index (χ1) is 7.38. The largest absolute Gasteiger partial charge is 0.462 e. The Labute approximate surface area is 105 Å². The van der Waals surface area contributed by atoms with Gasteiger partial charge in [0.1, 0.15) is 5.75 Å². The molecule has 16 heavy (non-hydrogen) atoms. The molecule has 0 aromatic heterocycles. The van der Waals surface area contributed by atoms with Gasteiger partial charge in [-0.3, -0.25) is 0 Å². The molecule has 4 heteroatoms. The lowest BCUT2D eigenvalue weighted by Gasteiger charge is -2.35. The van der Waals surface area contributed by atoms with Crippen LogP contribution in [0.25, 0.3) is 0 Å². The minimum absolute atomic E-state index is 0.0827. The number of rotatable bonds is 0. The molecule has 1 heterocycles. The van der Waals surface area contributed by atoms with Gasteiger partial charge >= 0.3 is 0 Å². The van der Waals surface area contributed by atoms with E-state index >= 15 is 0 Å². The lowest BCUT2D eigenvalue weighted by atomic mass is 9.95. The van der Waals surface area contributed by atoms with Crippen LogP contribution in [-0.2, 0) is 11.3 Å².